The van der Waals surface area contributed by atoms with E-state index in [9.17, 15) is 14.4 Å². The first-order valence-electron chi connectivity index (χ1n) is 10.7. The van der Waals surface area contributed by atoms with Crippen molar-refractivity contribution in [3.63, 3.8) is 0 Å². The van der Waals surface area contributed by atoms with E-state index in [1.807, 2.05) is 42.2 Å². The molecule has 0 bridgehead atoms. The summed E-state index contributed by atoms with van der Waals surface area (Å²) < 4.78 is 5.18. The van der Waals surface area contributed by atoms with Gasteiger partial charge >= 0.3 is 5.97 Å². The largest absolute Gasteiger partial charge is 0.465 e. The van der Waals surface area contributed by atoms with Gasteiger partial charge in [-0.2, -0.15) is 0 Å². The molecule has 33 heavy (non-hydrogen) atoms. The lowest BCUT2D eigenvalue weighted by atomic mass is 10.1. The second-order valence-electron chi connectivity index (χ2n) is 7.44. The van der Waals surface area contributed by atoms with Crippen LogP contribution in [0.2, 0.25) is 0 Å². The monoisotopic (exact) mass is 482 g/mol. The van der Waals surface area contributed by atoms with Gasteiger partial charge in [0.05, 0.1) is 17.6 Å². The van der Waals surface area contributed by atoms with Crippen LogP contribution in [-0.4, -0.2) is 52.1 Å². The van der Waals surface area contributed by atoms with E-state index in [0.29, 0.717) is 47.3 Å². The van der Waals surface area contributed by atoms with Gasteiger partial charge in [0.15, 0.2) is 0 Å². The third kappa shape index (κ3) is 6.52. The van der Waals surface area contributed by atoms with Gasteiger partial charge in [-0.05, 0) is 42.7 Å². The molecule has 0 aliphatic carbocycles. The van der Waals surface area contributed by atoms with Gasteiger partial charge in [-0.1, -0.05) is 66.4 Å². The molecule has 172 valence electrons. The predicted octanol–water partition coefficient (Wildman–Crippen LogP) is 4.50. The Hall–Kier alpha value is -2.97. The fourth-order valence-corrected chi connectivity index (χ4v) is 4.71. The summed E-state index contributed by atoms with van der Waals surface area (Å²) in [5.74, 6) is -0.507. The van der Waals surface area contributed by atoms with Gasteiger partial charge in [-0.3, -0.25) is 14.5 Å². The van der Waals surface area contributed by atoms with Crippen molar-refractivity contribution in [1.29, 1.82) is 0 Å². The Kier molecular flexibility index (Phi) is 8.79. The molecule has 0 aromatic heterocycles. The molecule has 0 spiro atoms. The number of ether oxygens (including phenoxy) is 1. The highest BCUT2D eigenvalue weighted by molar-refractivity contribution is 8.26. The first-order valence-corrected chi connectivity index (χ1v) is 11.9. The smallest absolute Gasteiger partial charge is 0.337 e. The number of hydrogen-bond acceptors (Lipinski definition) is 6. The molecule has 1 fully saturated rings. The number of carbonyl (C=O) groups excluding carboxylic acids is 3. The first kappa shape index (κ1) is 24.7. The van der Waals surface area contributed by atoms with Crippen LogP contribution in [0, 0.1) is 0 Å². The van der Waals surface area contributed by atoms with Crippen molar-refractivity contribution < 1.29 is 19.1 Å². The summed E-state index contributed by atoms with van der Waals surface area (Å²) in [4.78, 5) is 40.9. The molecule has 2 aromatic carbocycles. The summed E-state index contributed by atoms with van der Waals surface area (Å²) in [6.07, 6.45) is 2.65. The topological polar surface area (TPSA) is 66.9 Å². The molecule has 0 atom stereocenters. The van der Waals surface area contributed by atoms with Gasteiger partial charge < -0.3 is 9.64 Å². The summed E-state index contributed by atoms with van der Waals surface area (Å²) in [6.45, 7) is 3.57. The van der Waals surface area contributed by atoms with E-state index in [1.165, 1.54) is 18.9 Å². The van der Waals surface area contributed by atoms with Gasteiger partial charge in [-0.15, -0.1) is 0 Å². The second-order valence-corrected chi connectivity index (χ2v) is 9.12. The van der Waals surface area contributed by atoms with Crippen molar-refractivity contribution in [1.82, 2.24) is 9.80 Å². The van der Waals surface area contributed by atoms with Crippen LogP contribution in [-0.2, 0) is 20.9 Å². The lowest BCUT2D eigenvalue weighted by Gasteiger charge is -2.22. The maximum atomic E-state index is 12.8. The Bertz CT molecular complexity index is 1050. The zero-order valence-electron chi connectivity index (χ0n) is 18.7. The number of thioether (sulfide) groups is 1. The average Bonchev–Trinajstić information content (AvgIpc) is 3.10. The normalized spacial score (nSPS) is 14.6. The van der Waals surface area contributed by atoms with Crippen LogP contribution in [0.5, 0.6) is 0 Å². The number of rotatable bonds is 9. The lowest BCUT2D eigenvalue weighted by molar-refractivity contribution is -0.132. The fraction of sp³-hybridized carbons (Fsp3) is 0.280. The highest BCUT2D eigenvalue weighted by Crippen LogP contribution is 2.32. The molecule has 0 radical (unpaired) electrons. The minimum absolute atomic E-state index is 0.0630. The second kappa shape index (κ2) is 11.8. The maximum absolute atomic E-state index is 12.8. The third-order valence-electron chi connectivity index (χ3n) is 5.23. The lowest BCUT2D eigenvalue weighted by Crippen LogP contribution is -2.32. The van der Waals surface area contributed by atoms with Gasteiger partial charge in [-0.25, -0.2) is 4.79 Å². The zero-order chi connectivity index (χ0) is 23.8. The number of methoxy groups -OCH3 is 1. The van der Waals surface area contributed by atoms with E-state index in [0.717, 1.165) is 11.1 Å². The Morgan fingerprint density at radius 1 is 1.12 bits per heavy atom. The molecule has 1 aliphatic rings. The van der Waals surface area contributed by atoms with Crippen LogP contribution in [0.4, 0.5) is 0 Å². The number of amides is 2. The molecule has 1 saturated heterocycles. The summed E-state index contributed by atoms with van der Waals surface area (Å²) in [7, 11) is 1.33. The number of benzene rings is 2. The number of hydrogen-bond donors (Lipinski definition) is 0. The highest BCUT2D eigenvalue weighted by Gasteiger charge is 2.31. The van der Waals surface area contributed by atoms with Crippen LogP contribution in [0.1, 0.15) is 41.3 Å². The van der Waals surface area contributed by atoms with E-state index in [-0.39, 0.29) is 11.8 Å². The van der Waals surface area contributed by atoms with Crippen LogP contribution >= 0.6 is 24.0 Å². The Balaban J connectivity index is 1.55. The molecule has 0 N–H and O–H groups in total. The van der Waals surface area contributed by atoms with Gasteiger partial charge in [0.2, 0.25) is 5.91 Å². The molecule has 8 heteroatoms. The predicted molar refractivity (Wildman–Crippen MR) is 134 cm³/mol. The Labute approximate surface area is 203 Å². The van der Waals surface area contributed by atoms with Crippen LogP contribution in [0.25, 0.3) is 6.08 Å². The maximum Gasteiger partial charge on any atom is 0.337 e. The van der Waals surface area contributed by atoms with Crippen LogP contribution < -0.4 is 0 Å². The molecule has 1 aliphatic heterocycles. The molecule has 0 unspecified atom stereocenters. The number of esters is 1. The van der Waals surface area contributed by atoms with Crippen LogP contribution in [0.15, 0.2) is 59.5 Å². The van der Waals surface area contributed by atoms with Gasteiger partial charge in [0.25, 0.3) is 5.91 Å². The van der Waals surface area contributed by atoms with Crippen molar-refractivity contribution in [2.45, 2.75) is 26.3 Å². The zero-order valence-corrected chi connectivity index (χ0v) is 20.3. The van der Waals surface area contributed by atoms with E-state index < -0.39 is 5.97 Å². The first-order chi connectivity index (χ1) is 15.9. The van der Waals surface area contributed by atoms with Crippen molar-refractivity contribution in [3.05, 3.63) is 76.2 Å². The molecule has 0 saturated carbocycles. The van der Waals surface area contributed by atoms with E-state index >= 15 is 0 Å². The van der Waals surface area contributed by atoms with Gasteiger partial charge in [0.1, 0.15) is 4.32 Å². The molecular weight excluding hydrogens is 456 g/mol. The SMILES string of the molecule is CCN(Cc1ccccc1)C(=O)CCCN1C(=O)/C(=C/c2ccc(C(=O)OC)cc2)SC1=S. The van der Waals surface area contributed by atoms with E-state index in [4.69, 9.17) is 17.0 Å². The number of thiocarbonyl (C=S) groups is 1. The molecule has 1 heterocycles. The number of carbonyl (C=O) groups is 3. The molecule has 6 nitrogen and oxygen atoms in total. The Morgan fingerprint density at radius 3 is 2.45 bits per heavy atom. The van der Waals surface area contributed by atoms with Gasteiger partial charge in [0, 0.05) is 26.1 Å². The van der Waals surface area contributed by atoms with Crippen molar-refractivity contribution in [2.24, 2.45) is 0 Å². The Morgan fingerprint density at radius 2 is 1.82 bits per heavy atom. The molecule has 3 rings (SSSR count). The molecular formula is C25H26N2O4S2. The summed E-state index contributed by atoms with van der Waals surface area (Å²) in [5, 5.41) is 0. The van der Waals surface area contributed by atoms with Crippen molar-refractivity contribution in [3.8, 4) is 0 Å². The highest BCUT2D eigenvalue weighted by atomic mass is 32.2. The average molecular weight is 483 g/mol. The fourth-order valence-electron chi connectivity index (χ4n) is 3.40. The standard InChI is InChI=1S/C25H26N2O4S2/c1-3-26(17-19-8-5-4-6-9-19)22(28)10-7-15-27-23(29)21(33-25(27)32)16-18-11-13-20(14-12-18)24(30)31-2/h4-6,8-9,11-14,16H,3,7,10,15,17H2,1-2H3/b21-16-. The van der Waals surface area contributed by atoms with E-state index in [1.54, 1.807) is 35.2 Å². The third-order valence-corrected chi connectivity index (χ3v) is 6.60. The quantitative estimate of drug-likeness (QED) is 0.298. The summed E-state index contributed by atoms with van der Waals surface area (Å²) in [5.41, 5.74) is 2.33. The molecule has 2 amide bonds. The minimum atomic E-state index is -0.409. The molecule has 2 aromatic rings. The van der Waals surface area contributed by atoms with E-state index in [2.05, 4.69) is 0 Å². The summed E-state index contributed by atoms with van der Waals surface area (Å²) in [6, 6.07) is 16.7. The van der Waals surface area contributed by atoms with Crippen molar-refractivity contribution in [2.75, 3.05) is 20.2 Å². The van der Waals surface area contributed by atoms with Crippen LogP contribution in [0.3, 0.4) is 0 Å². The summed E-state index contributed by atoms with van der Waals surface area (Å²) >= 11 is 6.64. The minimum Gasteiger partial charge on any atom is -0.465 e. The number of nitrogens with zero attached hydrogens (tertiary/aromatic N) is 2. The van der Waals surface area contributed by atoms with Crippen molar-refractivity contribution >= 4 is 52.2 Å².